The van der Waals surface area contributed by atoms with E-state index in [0.717, 1.165) is 36.5 Å². The topological polar surface area (TPSA) is 26.3 Å². The van der Waals surface area contributed by atoms with Gasteiger partial charge in [0.2, 0.25) is 0 Å². The number of carbonyl (C=O) groups excluding carboxylic acids is 1. The smallest absolute Gasteiger partial charge is 0.305 e. The summed E-state index contributed by atoms with van der Waals surface area (Å²) in [5.74, 6) is 3.64. The second kappa shape index (κ2) is 10.2. The van der Waals surface area contributed by atoms with E-state index in [1.54, 1.807) is 5.57 Å². The highest BCUT2D eigenvalue weighted by atomic mass is 16.5. The van der Waals surface area contributed by atoms with Crippen LogP contribution in [0.15, 0.2) is 11.6 Å². The standard InChI is InChI=1S/C30H50O2/c1-5-7-8-9-10-11-12-22-14-16-26-25-15-13-23-21-24(32-28(31)6-2)17-19-30(23,4)27(25)18-20-29(22,26)3/h13,22,24-27H,5-12,14-21H2,1-4H3. The molecule has 4 aliphatic rings. The van der Waals surface area contributed by atoms with Crippen LogP contribution in [-0.2, 0) is 9.53 Å². The molecule has 0 aromatic carbocycles. The first-order valence-corrected chi connectivity index (χ1v) is 14.3. The van der Waals surface area contributed by atoms with Crippen molar-refractivity contribution in [2.75, 3.05) is 0 Å². The first-order chi connectivity index (χ1) is 15.4. The van der Waals surface area contributed by atoms with E-state index in [1.807, 2.05) is 6.92 Å². The molecule has 0 aliphatic heterocycles. The monoisotopic (exact) mass is 442 g/mol. The Bertz CT molecular complexity index is 680. The highest BCUT2D eigenvalue weighted by molar-refractivity contribution is 5.69. The fourth-order valence-electron chi connectivity index (χ4n) is 8.75. The van der Waals surface area contributed by atoms with Crippen molar-refractivity contribution in [2.45, 2.75) is 137 Å². The summed E-state index contributed by atoms with van der Waals surface area (Å²) in [6.07, 6.45) is 23.7. The summed E-state index contributed by atoms with van der Waals surface area (Å²) in [5, 5.41) is 0. The lowest BCUT2D eigenvalue weighted by atomic mass is 9.47. The molecule has 4 aliphatic carbocycles. The molecule has 3 fully saturated rings. The molecule has 0 aromatic rings. The first kappa shape index (κ1) is 24.3. The van der Waals surface area contributed by atoms with E-state index in [-0.39, 0.29) is 12.1 Å². The maximum Gasteiger partial charge on any atom is 0.305 e. The first-order valence-electron chi connectivity index (χ1n) is 14.3. The van der Waals surface area contributed by atoms with Gasteiger partial charge in [0.05, 0.1) is 0 Å². The van der Waals surface area contributed by atoms with Gasteiger partial charge in [0, 0.05) is 12.8 Å². The molecule has 2 heteroatoms. The van der Waals surface area contributed by atoms with Gasteiger partial charge in [-0.15, -0.1) is 0 Å². The van der Waals surface area contributed by atoms with Crippen LogP contribution in [0, 0.1) is 34.5 Å². The minimum absolute atomic E-state index is 0.0244. The van der Waals surface area contributed by atoms with Gasteiger partial charge < -0.3 is 4.74 Å². The Kier molecular flexibility index (Phi) is 7.78. The second-order valence-electron chi connectivity index (χ2n) is 12.3. The fraction of sp³-hybridized carbons (Fsp3) is 0.900. The van der Waals surface area contributed by atoms with Crippen LogP contribution in [-0.4, -0.2) is 12.1 Å². The van der Waals surface area contributed by atoms with E-state index in [2.05, 4.69) is 26.8 Å². The summed E-state index contributed by atoms with van der Waals surface area (Å²) in [4.78, 5) is 11.8. The second-order valence-corrected chi connectivity index (χ2v) is 12.3. The van der Waals surface area contributed by atoms with Gasteiger partial charge in [-0.1, -0.05) is 77.9 Å². The molecule has 0 heterocycles. The quantitative estimate of drug-likeness (QED) is 0.203. The Morgan fingerprint density at radius 3 is 2.53 bits per heavy atom. The maximum absolute atomic E-state index is 11.8. The minimum atomic E-state index is -0.0244. The number of fused-ring (bicyclic) bond motifs is 5. The number of hydrogen-bond donors (Lipinski definition) is 0. The van der Waals surface area contributed by atoms with Gasteiger partial charge in [0.1, 0.15) is 6.10 Å². The molecule has 0 spiro atoms. The highest BCUT2D eigenvalue weighted by Gasteiger charge is 2.58. The molecule has 0 amide bonds. The van der Waals surface area contributed by atoms with Crippen molar-refractivity contribution in [3.05, 3.63) is 11.6 Å². The molecule has 3 saturated carbocycles. The SMILES string of the molecule is CCCCCCCCC1CCC2C3CC=C4CC(OC(=O)CC)CCC4(C)C3CCC12C. The number of allylic oxidation sites excluding steroid dienone is 1. The van der Waals surface area contributed by atoms with Crippen LogP contribution in [0.1, 0.15) is 130 Å². The van der Waals surface area contributed by atoms with Crippen LogP contribution in [0.4, 0.5) is 0 Å². The Morgan fingerprint density at radius 2 is 1.75 bits per heavy atom. The molecule has 2 nitrogen and oxygen atoms in total. The summed E-state index contributed by atoms with van der Waals surface area (Å²) in [6.45, 7) is 9.47. The van der Waals surface area contributed by atoms with Crippen molar-refractivity contribution in [3.8, 4) is 0 Å². The molecule has 7 atom stereocenters. The van der Waals surface area contributed by atoms with E-state index in [0.29, 0.717) is 17.3 Å². The molecule has 0 saturated heterocycles. The molecular weight excluding hydrogens is 392 g/mol. The average Bonchev–Trinajstić information content (AvgIpc) is 3.12. The zero-order valence-electron chi connectivity index (χ0n) is 21.6. The van der Waals surface area contributed by atoms with E-state index in [9.17, 15) is 4.79 Å². The van der Waals surface area contributed by atoms with E-state index < -0.39 is 0 Å². The minimum Gasteiger partial charge on any atom is -0.462 e. The maximum atomic E-state index is 11.8. The lowest BCUT2D eigenvalue weighted by molar-refractivity contribution is -0.151. The van der Waals surface area contributed by atoms with Gasteiger partial charge in [0.25, 0.3) is 0 Å². The van der Waals surface area contributed by atoms with Crippen molar-refractivity contribution in [1.82, 2.24) is 0 Å². The van der Waals surface area contributed by atoms with E-state index >= 15 is 0 Å². The summed E-state index contributed by atoms with van der Waals surface area (Å²) in [5.41, 5.74) is 2.58. The van der Waals surface area contributed by atoms with Crippen LogP contribution in [0.5, 0.6) is 0 Å². The van der Waals surface area contributed by atoms with Crippen molar-refractivity contribution >= 4 is 5.97 Å². The fourth-order valence-corrected chi connectivity index (χ4v) is 8.75. The van der Waals surface area contributed by atoms with Crippen LogP contribution in [0.3, 0.4) is 0 Å². The summed E-state index contributed by atoms with van der Waals surface area (Å²) >= 11 is 0. The highest BCUT2D eigenvalue weighted by Crippen LogP contribution is 2.66. The lowest BCUT2D eigenvalue weighted by Crippen LogP contribution is -2.50. The predicted octanol–water partition coefficient (Wildman–Crippen LogP) is 8.64. The summed E-state index contributed by atoms with van der Waals surface area (Å²) in [7, 11) is 0. The number of hydrogen-bond acceptors (Lipinski definition) is 2. The normalized spacial score (nSPS) is 40.8. The van der Waals surface area contributed by atoms with Crippen LogP contribution in [0.25, 0.3) is 0 Å². The third kappa shape index (κ3) is 4.58. The van der Waals surface area contributed by atoms with Crippen molar-refractivity contribution in [3.63, 3.8) is 0 Å². The molecule has 0 bridgehead atoms. The average molecular weight is 443 g/mol. The van der Waals surface area contributed by atoms with E-state index in [1.165, 1.54) is 83.5 Å². The van der Waals surface area contributed by atoms with E-state index in [4.69, 9.17) is 4.74 Å². The number of esters is 1. The number of unbranched alkanes of at least 4 members (excludes halogenated alkanes) is 5. The van der Waals surface area contributed by atoms with Gasteiger partial charge in [0.15, 0.2) is 0 Å². The van der Waals surface area contributed by atoms with Gasteiger partial charge in [-0.3, -0.25) is 4.79 Å². The summed E-state index contributed by atoms with van der Waals surface area (Å²) < 4.78 is 5.76. The molecule has 182 valence electrons. The summed E-state index contributed by atoms with van der Waals surface area (Å²) in [6, 6.07) is 0. The Labute approximate surface area is 198 Å². The number of rotatable bonds is 9. The van der Waals surface area contributed by atoms with Crippen LogP contribution in [0.2, 0.25) is 0 Å². The Balaban J connectivity index is 1.38. The van der Waals surface area contributed by atoms with Gasteiger partial charge in [-0.25, -0.2) is 0 Å². The molecule has 0 aromatic heterocycles. The molecule has 0 radical (unpaired) electrons. The van der Waals surface area contributed by atoms with Gasteiger partial charge in [-0.2, -0.15) is 0 Å². The van der Waals surface area contributed by atoms with Gasteiger partial charge in [-0.05, 0) is 85.9 Å². The third-order valence-corrected chi connectivity index (χ3v) is 10.7. The number of ether oxygens (including phenoxy) is 1. The van der Waals surface area contributed by atoms with Crippen molar-refractivity contribution < 1.29 is 9.53 Å². The van der Waals surface area contributed by atoms with Crippen molar-refractivity contribution in [1.29, 1.82) is 0 Å². The zero-order chi connectivity index (χ0) is 22.8. The molecule has 4 rings (SSSR count). The van der Waals surface area contributed by atoms with Crippen LogP contribution >= 0.6 is 0 Å². The third-order valence-electron chi connectivity index (χ3n) is 10.7. The largest absolute Gasteiger partial charge is 0.462 e. The molecule has 7 unspecified atom stereocenters. The molecule has 0 N–H and O–H groups in total. The lowest BCUT2D eigenvalue weighted by Gasteiger charge is -2.58. The predicted molar refractivity (Wildman–Crippen MR) is 133 cm³/mol. The Hall–Kier alpha value is -0.790. The molecular formula is C30H50O2. The van der Waals surface area contributed by atoms with Crippen LogP contribution < -0.4 is 0 Å². The molecule has 32 heavy (non-hydrogen) atoms. The van der Waals surface area contributed by atoms with Crippen molar-refractivity contribution in [2.24, 2.45) is 34.5 Å². The number of carbonyl (C=O) groups is 1. The zero-order valence-corrected chi connectivity index (χ0v) is 21.6. The Morgan fingerprint density at radius 1 is 0.969 bits per heavy atom. The van der Waals surface area contributed by atoms with Gasteiger partial charge >= 0.3 is 5.97 Å².